The lowest BCUT2D eigenvalue weighted by atomic mass is 10.3. The standard InChI is InChI=1S/C21H23F2N5O3/c1-29-7-8-30-9-10-31-19-6-5-16(12-17(19)22)27-21-25-13-18(23)20(28-21)26-15-4-2-3-14(24)11-15/h2-6,11-13H,7-10,24H2,1H3,(H2,25,26,27,28)/p+1. The molecule has 31 heavy (non-hydrogen) atoms. The van der Waals surface area contributed by atoms with Gasteiger partial charge in [-0.25, -0.2) is 14.7 Å². The molecule has 0 bridgehead atoms. The number of aromatic nitrogens is 2. The van der Waals surface area contributed by atoms with Gasteiger partial charge in [0, 0.05) is 24.6 Å². The van der Waals surface area contributed by atoms with Crippen LogP contribution in [0.15, 0.2) is 48.7 Å². The smallest absolute Gasteiger partial charge is 0.396 e. The molecule has 0 aliphatic heterocycles. The fourth-order valence-corrected chi connectivity index (χ4v) is 2.59. The maximum Gasteiger partial charge on any atom is 0.396 e. The Bertz CT molecular complexity index is 1010. The van der Waals surface area contributed by atoms with Crippen molar-refractivity contribution >= 4 is 28.8 Å². The summed E-state index contributed by atoms with van der Waals surface area (Å²) in [5.41, 5.74) is 7.26. The number of rotatable bonds is 11. The molecule has 0 atom stereocenters. The van der Waals surface area contributed by atoms with Gasteiger partial charge >= 0.3 is 5.95 Å². The van der Waals surface area contributed by atoms with Crippen molar-refractivity contribution in [3.8, 4) is 5.75 Å². The number of nitrogens with two attached hydrogens (primary N) is 1. The van der Waals surface area contributed by atoms with E-state index in [0.717, 1.165) is 6.20 Å². The van der Waals surface area contributed by atoms with Crippen molar-refractivity contribution in [3.05, 3.63) is 60.3 Å². The molecule has 0 amide bonds. The number of aromatic amines is 1. The van der Waals surface area contributed by atoms with Crippen molar-refractivity contribution in [2.45, 2.75) is 0 Å². The summed E-state index contributed by atoms with van der Waals surface area (Å²) in [4.78, 5) is 6.83. The molecule has 1 heterocycles. The molecular weight excluding hydrogens is 408 g/mol. The van der Waals surface area contributed by atoms with E-state index in [2.05, 4.69) is 20.6 Å². The topological polar surface area (TPSA) is 105 Å². The summed E-state index contributed by atoms with van der Waals surface area (Å²) >= 11 is 0. The summed E-state index contributed by atoms with van der Waals surface area (Å²) < 4.78 is 43.9. The van der Waals surface area contributed by atoms with Gasteiger partial charge in [0.25, 0.3) is 0 Å². The second kappa shape index (κ2) is 11.0. The number of nitrogens with one attached hydrogen (secondary N) is 3. The van der Waals surface area contributed by atoms with Crippen LogP contribution in [0.25, 0.3) is 0 Å². The van der Waals surface area contributed by atoms with Crippen molar-refractivity contribution in [3.63, 3.8) is 0 Å². The molecule has 164 valence electrons. The Balaban J connectivity index is 1.61. The third-order valence-corrected chi connectivity index (χ3v) is 4.05. The molecule has 0 unspecified atom stereocenters. The van der Waals surface area contributed by atoms with E-state index in [1.807, 2.05) is 0 Å². The van der Waals surface area contributed by atoms with Gasteiger partial charge in [0.15, 0.2) is 11.6 Å². The molecule has 3 rings (SSSR count). The second-order valence-electron chi connectivity index (χ2n) is 6.42. The van der Waals surface area contributed by atoms with E-state index < -0.39 is 11.6 Å². The lowest BCUT2D eigenvalue weighted by Gasteiger charge is -2.09. The zero-order valence-corrected chi connectivity index (χ0v) is 17.0. The minimum atomic E-state index is -0.587. The summed E-state index contributed by atoms with van der Waals surface area (Å²) in [6.07, 6.45) is 1.14. The Morgan fingerprint density at radius 2 is 1.77 bits per heavy atom. The quantitative estimate of drug-likeness (QED) is 0.315. The average Bonchev–Trinajstić information content (AvgIpc) is 2.74. The second-order valence-corrected chi connectivity index (χ2v) is 6.42. The van der Waals surface area contributed by atoms with E-state index in [9.17, 15) is 8.78 Å². The number of hydrogen-bond donors (Lipinski definition) is 3. The SMILES string of the molecule is COCCOCCOc1ccc(Nc2nc(Nc3cccc(N)c3)c(F)c[nH+]2)cc1F. The number of nitrogen functional groups attached to an aromatic ring is 1. The predicted molar refractivity (Wildman–Crippen MR) is 113 cm³/mol. The maximum atomic E-state index is 14.3. The summed E-state index contributed by atoms with van der Waals surface area (Å²) in [6, 6.07) is 11.2. The number of ether oxygens (including phenoxy) is 3. The van der Waals surface area contributed by atoms with Crippen LogP contribution in [0.4, 0.5) is 37.6 Å². The molecular formula is C21H24F2N5O3+. The number of anilines is 5. The number of hydrogen-bond acceptors (Lipinski definition) is 7. The van der Waals surface area contributed by atoms with Crippen LogP contribution in [0.3, 0.4) is 0 Å². The minimum Gasteiger partial charge on any atom is -0.488 e. The molecule has 0 saturated carbocycles. The van der Waals surface area contributed by atoms with E-state index in [1.54, 1.807) is 37.4 Å². The normalized spacial score (nSPS) is 10.7. The number of benzene rings is 2. The number of methoxy groups -OCH3 is 1. The van der Waals surface area contributed by atoms with Crippen LogP contribution in [-0.4, -0.2) is 38.5 Å². The van der Waals surface area contributed by atoms with Crippen molar-refractivity contribution in [2.24, 2.45) is 0 Å². The molecule has 0 saturated heterocycles. The molecule has 0 spiro atoms. The van der Waals surface area contributed by atoms with E-state index in [-0.39, 0.29) is 24.1 Å². The Morgan fingerprint density at radius 3 is 2.55 bits per heavy atom. The van der Waals surface area contributed by atoms with Crippen LogP contribution < -0.4 is 26.1 Å². The fraction of sp³-hybridized carbons (Fsp3) is 0.238. The highest BCUT2D eigenvalue weighted by atomic mass is 19.1. The molecule has 5 N–H and O–H groups in total. The van der Waals surface area contributed by atoms with Crippen molar-refractivity contribution in [2.75, 3.05) is 49.9 Å². The summed E-state index contributed by atoms with van der Waals surface area (Å²) in [6.45, 7) is 1.46. The largest absolute Gasteiger partial charge is 0.488 e. The van der Waals surface area contributed by atoms with Gasteiger partial charge in [0.2, 0.25) is 11.6 Å². The molecule has 0 fully saturated rings. The molecule has 0 aliphatic carbocycles. The van der Waals surface area contributed by atoms with Gasteiger partial charge in [0.05, 0.1) is 19.8 Å². The Labute approximate surface area is 178 Å². The minimum absolute atomic E-state index is 0.0132. The zero-order valence-electron chi connectivity index (χ0n) is 17.0. The molecule has 10 heteroatoms. The lowest BCUT2D eigenvalue weighted by molar-refractivity contribution is -0.367. The first-order valence-electron chi connectivity index (χ1n) is 9.52. The first-order chi connectivity index (χ1) is 15.0. The van der Waals surface area contributed by atoms with E-state index in [0.29, 0.717) is 36.9 Å². The van der Waals surface area contributed by atoms with Crippen LogP contribution in [0.1, 0.15) is 0 Å². The van der Waals surface area contributed by atoms with Gasteiger partial charge in [-0.1, -0.05) is 6.07 Å². The zero-order chi connectivity index (χ0) is 22.1. The number of halogens is 2. The third kappa shape index (κ3) is 6.76. The Kier molecular flexibility index (Phi) is 7.91. The molecule has 1 aromatic heterocycles. The van der Waals surface area contributed by atoms with Crippen LogP contribution in [0.2, 0.25) is 0 Å². The van der Waals surface area contributed by atoms with Crippen molar-refractivity contribution in [1.82, 2.24) is 4.98 Å². The number of H-pyrrole nitrogens is 1. The predicted octanol–water partition coefficient (Wildman–Crippen LogP) is 3.29. The van der Waals surface area contributed by atoms with Crippen LogP contribution >= 0.6 is 0 Å². The molecule has 0 radical (unpaired) electrons. The monoisotopic (exact) mass is 432 g/mol. The van der Waals surface area contributed by atoms with Gasteiger partial charge in [-0.05, 0) is 35.3 Å². The summed E-state index contributed by atoms with van der Waals surface area (Å²) in [5, 5.41) is 5.76. The highest BCUT2D eigenvalue weighted by Crippen LogP contribution is 2.24. The van der Waals surface area contributed by atoms with Gasteiger partial charge < -0.3 is 25.3 Å². The van der Waals surface area contributed by atoms with Gasteiger partial charge in [-0.15, -0.1) is 0 Å². The molecule has 0 aliphatic rings. The Morgan fingerprint density at radius 1 is 0.968 bits per heavy atom. The van der Waals surface area contributed by atoms with Crippen LogP contribution in [-0.2, 0) is 9.47 Å². The Hall–Kier alpha value is -3.50. The highest BCUT2D eigenvalue weighted by molar-refractivity contribution is 5.62. The number of nitrogens with zero attached hydrogens (tertiary/aromatic N) is 1. The van der Waals surface area contributed by atoms with Crippen LogP contribution in [0, 0.1) is 11.6 Å². The van der Waals surface area contributed by atoms with Crippen molar-refractivity contribution < 1.29 is 28.0 Å². The summed E-state index contributed by atoms with van der Waals surface area (Å²) in [5.74, 6) is -0.841. The molecule has 3 aromatic rings. The van der Waals surface area contributed by atoms with E-state index >= 15 is 0 Å². The fourth-order valence-electron chi connectivity index (χ4n) is 2.59. The van der Waals surface area contributed by atoms with Gasteiger partial charge in [-0.3, -0.25) is 0 Å². The van der Waals surface area contributed by atoms with E-state index in [1.165, 1.54) is 12.1 Å². The van der Waals surface area contributed by atoms with E-state index in [4.69, 9.17) is 19.9 Å². The van der Waals surface area contributed by atoms with Gasteiger partial charge in [0.1, 0.15) is 18.5 Å². The first kappa shape index (κ1) is 22.2. The lowest BCUT2D eigenvalue weighted by Crippen LogP contribution is -2.15. The van der Waals surface area contributed by atoms with Crippen molar-refractivity contribution in [1.29, 1.82) is 0 Å². The maximum absolute atomic E-state index is 14.3. The molecule has 2 aromatic carbocycles. The highest BCUT2D eigenvalue weighted by Gasteiger charge is 2.15. The first-order valence-corrected chi connectivity index (χ1v) is 9.52. The summed E-state index contributed by atoms with van der Waals surface area (Å²) in [7, 11) is 1.58. The third-order valence-electron chi connectivity index (χ3n) is 4.05. The molecule has 8 nitrogen and oxygen atoms in total. The average molecular weight is 432 g/mol. The van der Waals surface area contributed by atoms with Gasteiger partial charge in [-0.2, -0.15) is 4.39 Å². The van der Waals surface area contributed by atoms with Crippen LogP contribution in [0.5, 0.6) is 5.75 Å².